The molecule has 0 spiro atoms. The van der Waals surface area contributed by atoms with Crippen molar-refractivity contribution in [2.45, 2.75) is 64.3 Å². The second-order valence-electron chi connectivity index (χ2n) is 6.22. The van der Waals surface area contributed by atoms with Gasteiger partial charge in [-0.1, -0.05) is 51.2 Å². The smallest absolute Gasteiger partial charge is 0.123 e. The number of hydrogen-bond donors (Lipinski definition) is 1. The van der Waals surface area contributed by atoms with Crippen molar-refractivity contribution in [3.8, 4) is 0 Å². The summed E-state index contributed by atoms with van der Waals surface area (Å²) in [6, 6.07) is 7.58. The Morgan fingerprint density at radius 2 is 2.05 bits per heavy atom. The Bertz CT molecular complexity index is 385. The van der Waals surface area contributed by atoms with Crippen molar-refractivity contribution in [1.29, 1.82) is 0 Å². The zero-order valence-corrected chi connectivity index (χ0v) is 12.7. The van der Waals surface area contributed by atoms with E-state index in [1.165, 1.54) is 44.6 Å². The summed E-state index contributed by atoms with van der Waals surface area (Å²) in [6.07, 6.45) is 10.3. The first-order valence-electron chi connectivity index (χ1n) is 8.25. The third-order valence-corrected chi connectivity index (χ3v) is 4.40. The quantitative estimate of drug-likeness (QED) is 0.761. The fraction of sp³-hybridized carbons (Fsp3) is 0.667. The minimum absolute atomic E-state index is 0.116. The van der Waals surface area contributed by atoms with Crippen LogP contribution >= 0.6 is 0 Å². The zero-order valence-electron chi connectivity index (χ0n) is 12.7. The summed E-state index contributed by atoms with van der Waals surface area (Å²) in [5.74, 6) is 0.751. The van der Waals surface area contributed by atoms with Crippen LogP contribution in [0.1, 0.15) is 57.4 Å². The van der Waals surface area contributed by atoms with E-state index in [1.807, 2.05) is 12.1 Å². The minimum Gasteiger partial charge on any atom is -0.314 e. The van der Waals surface area contributed by atoms with E-state index in [9.17, 15) is 4.39 Å². The molecule has 0 radical (unpaired) electrons. The molecule has 1 aliphatic carbocycles. The number of halogens is 1. The van der Waals surface area contributed by atoms with Crippen molar-refractivity contribution in [1.82, 2.24) is 5.32 Å². The predicted molar refractivity (Wildman–Crippen MR) is 83.4 cm³/mol. The van der Waals surface area contributed by atoms with Gasteiger partial charge in [-0.2, -0.15) is 0 Å². The second-order valence-corrected chi connectivity index (χ2v) is 6.22. The van der Waals surface area contributed by atoms with Crippen LogP contribution in [0.5, 0.6) is 0 Å². The van der Waals surface area contributed by atoms with Gasteiger partial charge in [0.25, 0.3) is 0 Å². The van der Waals surface area contributed by atoms with E-state index in [2.05, 4.69) is 12.2 Å². The van der Waals surface area contributed by atoms with Crippen LogP contribution in [-0.2, 0) is 6.42 Å². The lowest BCUT2D eigenvalue weighted by atomic mass is 9.83. The van der Waals surface area contributed by atoms with E-state index < -0.39 is 0 Å². The van der Waals surface area contributed by atoms with Gasteiger partial charge in [0.2, 0.25) is 0 Å². The van der Waals surface area contributed by atoms with E-state index in [0.29, 0.717) is 6.04 Å². The van der Waals surface area contributed by atoms with Crippen molar-refractivity contribution in [3.05, 3.63) is 35.6 Å². The maximum atomic E-state index is 13.3. The van der Waals surface area contributed by atoms with Gasteiger partial charge in [-0.25, -0.2) is 4.39 Å². The molecule has 2 heteroatoms. The average molecular weight is 277 g/mol. The first-order chi connectivity index (χ1) is 9.78. The lowest BCUT2D eigenvalue weighted by Crippen LogP contribution is -2.34. The molecule has 1 nitrogen and oxygen atoms in total. The van der Waals surface area contributed by atoms with Crippen LogP contribution < -0.4 is 5.32 Å². The summed E-state index contributed by atoms with van der Waals surface area (Å²) in [5, 5.41) is 3.66. The molecule has 0 saturated heterocycles. The first-order valence-corrected chi connectivity index (χ1v) is 8.25. The molecule has 1 saturated carbocycles. The third kappa shape index (κ3) is 5.24. The topological polar surface area (TPSA) is 12.0 Å². The molecule has 1 N–H and O–H groups in total. The molecule has 1 unspecified atom stereocenters. The highest BCUT2D eigenvalue weighted by molar-refractivity contribution is 5.17. The summed E-state index contributed by atoms with van der Waals surface area (Å²) in [6.45, 7) is 3.26. The van der Waals surface area contributed by atoms with Gasteiger partial charge in [0.1, 0.15) is 5.82 Å². The van der Waals surface area contributed by atoms with Crippen molar-refractivity contribution >= 4 is 0 Å². The molecule has 1 aliphatic rings. The molecule has 0 amide bonds. The Labute approximate surface area is 123 Å². The Morgan fingerprint density at radius 3 is 2.75 bits per heavy atom. The largest absolute Gasteiger partial charge is 0.314 e. The van der Waals surface area contributed by atoms with Crippen LogP contribution in [-0.4, -0.2) is 12.6 Å². The zero-order chi connectivity index (χ0) is 14.2. The monoisotopic (exact) mass is 277 g/mol. The number of nitrogens with one attached hydrogen (secondary N) is 1. The number of benzene rings is 1. The molecule has 0 aromatic heterocycles. The van der Waals surface area contributed by atoms with Gasteiger partial charge in [-0.15, -0.1) is 0 Å². The Balaban J connectivity index is 1.91. The van der Waals surface area contributed by atoms with Gasteiger partial charge >= 0.3 is 0 Å². The summed E-state index contributed by atoms with van der Waals surface area (Å²) >= 11 is 0. The van der Waals surface area contributed by atoms with Crippen LogP contribution in [0.4, 0.5) is 4.39 Å². The van der Waals surface area contributed by atoms with Crippen LogP contribution in [0.3, 0.4) is 0 Å². The molecule has 20 heavy (non-hydrogen) atoms. The van der Waals surface area contributed by atoms with Crippen LogP contribution in [0.15, 0.2) is 24.3 Å². The summed E-state index contributed by atoms with van der Waals surface area (Å²) in [4.78, 5) is 0. The SMILES string of the molecule is CCCNC(Cc1cccc(F)c1)CC1CCCCC1. The highest BCUT2D eigenvalue weighted by atomic mass is 19.1. The maximum Gasteiger partial charge on any atom is 0.123 e. The van der Waals surface area contributed by atoms with Crippen molar-refractivity contribution in [2.24, 2.45) is 5.92 Å². The van der Waals surface area contributed by atoms with Crippen LogP contribution in [0, 0.1) is 11.7 Å². The molecule has 1 atom stereocenters. The lowest BCUT2D eigenvalue weighted by molar-refractivity contribution is 0.296. The molecule has 1 fully saturated rings. The van der Waals surface area contributed by atoms with Gasteiger partial charge in [0.05, 0.1) is 0 Å². The predicted octanol–water partition coefficient (Wildman–Crippen LogP) is 4.71. The standard InChI is InChI=1S/C18H28FN/c1-2-11-20-18(13-15-7-4-3-5-8-15)14-16-9-6-10-17(19)12-16/h6,9-10,12,15,18,20H,2-5,7-8,11,13-14H2,1H3. The van der Waals surface area contributed by atoms with Crippen LogP contribution in [0.25, 0.3) is 0 Å². The number of rotatable bonds is 7. The van der Waals surface area contributed by atoms with E-state index in [0.717, 1.165) is 30.9 Å². The Morgan fingerprint density at radius 1 is 1.25 bits per heavy atom. The average Bonchev–Trinajstić information content (AvgIpc) is 2.46. The van der Waals surface area contributed by atoms with E-state index in [4.69, 9.17) is 0 Å². The lowest BCUT2D eigenvalue weighted by Gasteiger charge is -2.27. The maximum absolute atomic E-state index is 13.3. The normalized spacial score (nSPS) is 18.1. The molecular weight excluding hydrogens is 249 g/mol. The summed E-state index contributed by atoms with van der Waals surface area (Å²) < 4.78 is 13.3. The fourth-order valence-corrected chi connectivity index (χ4v) is 3.36. The molecule has 1 aromatic rings. The molecule has 0 bridgehead atoms. The minimum atomic E-state index is -0.116. The molecule has 0 heterocycles. The molecular formula is C18H28FN. The van der Waals surface area contributed by atoms with Gasteiger partial charge in [0, 0.05) is 6.04 Å². The molecule has 112 valence electrons. The Hall–Kier alpha value is -0.890. The van der Waals surface area contributed by atoms with Gasteiger partial charge in [0.15, 0.2) is 0 Å². The van der Waals surface area contributed by atoms with Gasteiger partial charge in [-0.05, 0) is 49.4 Å². The van der Waals surface area contributed by atoms with Crippen molar-refractivity contribution < 1.29 is 4.39 Å². The highest BCUT2D eigenvalue weighted by Gasteiger charge is 2.19. The fourth-order valence-electron chi connectivity index (χ4n) is 3.36. The number of hydrogen-bond acceptors (Lipinski definition) is 1. The Kier molecular flexibility index (Phi) is 6.52. The van der Waals surface area contributed by atoms with E-state index in [1.54, 1.807) is 6.07 Å². The molecule has 2 rings (SSSR count). The van der Waals surface area contributed by atoms with E-state index >= 15 is 0 Å². The van der Waals surface area contributed by atoms with Crippen molar-refractivity contribution in [2.75, 3.05) is 6.54 Å². The van der Waals surface area contributed by atoms with Gasteiger partial charge < -0.3 is 5.32 Å². The van der Waals surface area contributed by atoms with Gasteiger partial charge in [-0.3, -0.25) is 0 Å². The highest BCUT2D eigenvalue weighted by Crippen LogP contribution is 2.28. The third-order valence-electron chi connectivity index (χ3n) is 4.40. The summed E-state index contributed by atoms with van der Waals surface area (Å²) in [7, 11) is 0. The second kappa shape index (κ2) is 8.41. The molecule has 0 aliphatic heterocycles. The van der Waals surface area contributed by atoms with E-state index in [-0.39, 0.29) is 5.82 Å². The van der Waals surface area contributed by atoms with Crippen LogP contribution in [0.2, 0.25) is 0 Å². The summed E-state index contributed by atoms with van der Waals surface area (Å²) in [5.41, 5.74) is 1.12. The molecule has 1 aromatic carbocycles. The van der Waals surface area contributed by atoms with Crippen molar-refractivity contribution in [3.63, 3.8) is 0 Å². The first kappa shape index (κ1) is 15.5.